The van der Waals surface area contributed by atoms with Crippen molar-refractivity contribution in [2.24, 2.45) is 0 Å². The molecule has 0 fully saturated rings. The van der Waals surface area contributed by atoms with Gasteiger partial charge < -0.3 is 4.74 Å². The summed E-state index contributed by atoms with van der Waals surface area (Å²) in [6.45, 7) is 0.626. The summed E-state index contributed by atoms with van der Waals surface area (Å²) in [4.78, 5) is 0.966. The molecule has 0 amide bonds. The molecular formula is C17H17NOS. The van der Waals surface area contributed by atoms with Gasteiger partial charge in [-0.05, 0) is 36.8 Å². The molecule has 0 aliphatic carbocycles. The third-order valence-corrected chi connectivity index (χ3v) is 3.81. The Labute approximate surface area is 124 Å². The highest BCUT2D eigenvalue weighted by Gasteiger charge is 2.08. The second kappa shape index (κ2) is 7.62. The first-order chi connectivity index (χ1) is 9.85. The minimum absolute atomic E-state index is 0.626. The zero-order chi connectivity index (χ0) is 14.2. The van der Waals surface area contributed by atoms with Gasteiger partial charge in [-0.15, -0.1) is 11.8 Å². The van der Waals surface area contributed by atoms with E-state index in [1.54, 1.807) is 11.8 Å². The lowest BCUT2D eigenvalue weighted by molar-refractivity contribution is 0.309. The number of rotatable bonds is 6. The molecule has 0 aliphatic heterocycles. The first-order valence-electron chi connectivity index (χ1n) is 6.59. The number of hydrogen-bond donors (Lipinski definition) is 0. The number of aryl methyl sites for hydroxylation is 1. The van der Waals surface area contributed by atoms with Gasteiger partial charge in [0, 0.05) is 4.90 Å². The maximum atomic E-state index is 9.22. The van der Waals surface area contributed by atoms with Crippen molar-refractivity contribution in [3.8, 4) is 11.8 Å². The quantitative estimate of drug-likeness (QED) is 0.585. The van der Waals surface area contributed by atoms with Crippen LogP contribution in [0.15, 0.2) is 53.4 Å². The first-order valence-corrected chi connectivity index (χ1v) is 7.81. The van der Waals surface area contributed by atoms with Gasteiger partial charge in [-0.3, -0.25) is 0 Å². The van der Waals surface area contributed by atoms with Crippen LogP contribution in [0.3, 0.4) is 0 Å². The maximum Gasteiger partial charge on any atom is 0.138 e. The lowest BCUT2D eigenvalue weighted by Crippen LogP contribution is -2.01. The van der Waals surface area contributed by atoms with Gasteiger partial charge in [0.1, 0.15) is 17.4 Å². The summed E-state index contributed by atoms with van der Waals surface area (Å²) in [5.74, 6) is 0.687. The van der Waals surface area contributed by atoms with E-state index in [1.165, 1.54) is 5.56 Å². The molecule has 3 heteroatoms. The van der Waals surface area contributed by atoms with Gasteiger partial charge in [-0.2, -0.15) is 5.26 Å². The smallest absolute Gasteiger partial charge is 0.138 e. The Morgan fingerprint density at radius 3 is 2.60 bits per heavy atom. The summed E-state index contributed by atoms with van der Waals surface area (Å²) >= 11 is 1.57. The molecule has 0 heterocycles. The maximum absolute atomic E-state index is 9.22. The second-order valence-corrected chi connectivity index (χ2v) is 5.23. The van der Waals surface area contributed by atoms with Crippen LogP contribution in [0.2, 0.25) is 0 Å². The van der Waals surface area contributed by atoms with E-state index in [0.29, 0.717) is 17.9 Å². The molecule has 0 saturated carbocycles. The van der Waals surface area contributed by atoms with E-state index >= 15 is 0 Å². The number of nitriles is 1. The summed E-state index contributed by atoms with van der Waals surface area (Å²) < 4.78 is 5.76. The van der Waals surface area contributed by atoms with Gasteiger partial charge >= 0.3 is 0 Å². The number of benzene rings is 2. The largest absolute Gasteiger partial charge is 0.492 e. The molecule has 0 N–H and O–H groups in total. The summed E-state index contributed by atoms with van der Waals surface area (Å²) in [5.41, 5.74) is 1.95. The highest BCUT2D eigenvalue weighted by atomic mass is 32.2. The Bertz CT molecular complexity index is 590. The van der Waals surface area contributed by atoms with Gasteiger partial charge in [0.15, 0.2) is 0 Å². The molecule has 0 atom stereocenters. The fourth-order valence-corrected chi connectivity index (χ4v) is 2.58. The highest BCUT2D eigenvalue weighted by molar-refractivity contribution is 7.98. The van der Waals surface area contributed by atoms with E-state index in [-0.39, 0.29) is 0 Å². The van der Waals surface area contributed by atoms with Gasteiger partial charge in [-0.1, -0.05) is 36.4 Å². The van der Waals surface area contributed by atoms with Crippen LogP contribution in [0.4, 0.5) is 0 Å². The highest BCUT2D eigenvalue weighted by Crippen LogP contribution is 2.28. The predicted octanol–water partition coefficient (Wildman–Crippen LogP) is 4.29. The minimum atomic E-state index is 0.626. The number of thioether (sulfide) groups is 1. The fraction of sp³-hybridized carbons (Fsp3) is 0.235. The monoisotopic (exact) mass is 283 g/mol. The van der Waals surface area contributed by atoms with E-state index in [0.717, 1.165) is 17.7 Å². The van der Waals surface area contributed by atoms with Crippen LogP contribution >= 0.6 is 11.8 Å². The Morgan fingerprint density at radius 2 is 1.90 bits per heavy atom. The molecule has 0 radical (unpaired) electrons. The van der Waals surface area contributed by atoms with Crippen molar-refractivity contribution in [1.82, 2.24) is 0 Å². The average Bonchev–Trinajstić information content (AvgIpc) is 2.52. The zero-order valence-electron chi connectivity index (χ0n) is 11.5. The van der Waals surface area contributed by atoms with Crippen molar-refractivity contribution in [1.29, 1.82) is 5.26 Å². The molecule has 0 saturated heterocycles. The number of ether oxygens (including phenoxy) is 1. The van der Waals surface area contributed by atoms with Crippen molar-refractivity contribution in [3.63, 3.8) is 0 Å². The van der Waals surface area contributed by atoms with Crippen molar-refractivity contribution in [2.75, 3.05) is 12.9 Å². The first kappa shape index (κ1) is 14.5. The molecule has 2 rings (SSSR count). The van der Waals surface area contributed by atoms with E-state index in [2.05, 4.69) is 18.2 Å². The molecule has 0 spiro atoms. The Morgan fingerprint density at radius 1 is 1.10 bits per heavy atom. The van der Waals surface area contributed by atoms with Crippen LogP contribution in [0, 0.1) is 11.3 Å². The standard InChI is InChI=1S/C17H17NOS/c1-20-17-11-5-10-16(15(17)13-18)19-12-6-9-14-7-3-2-4-8-14/h2-5,7-8,10-11H,6,9,12H2,1H3. The Kier molecular flexibility index (Phi) is 5.52. The van der Waals surface area contributed by atoms with Crippen LogP contribution < -0.4 is 4.74 Å². The van der Waals surface area contributed by atoms with Crippen LogP contribution in [0.25, 0.3) is 0 Å². The fourth-order valence-electron chi connectivity index (χ4n) is 2.01. The second-order valence-electron chi connectivity index (χ2n) is 4.38. The van der Waals surface area contributed by atoms with Gasteiger partial charge in [0.2, 0.25) is 0 Å². The third-order valence-electron chi connectivity index (χ3n) is 3.03. The van der Waals surface area contributed by atoms with E-state index in [9.17, 15) is 5.26 Å². The molecule has 0 unspecified atom stereocenters. The lowest BCUT2D eigenvalue weighted by Gasteiger charge is -2.10. The summed E-state index contributed by atoms with van der Waals surface area (Å²) in [7, 11) is 0. The Hall–Kier alpha value is -1.92. The average molecular weight is 283 g/mol. The van der Waals surface area contributed by atoms with Crippen molar-refractivity contribution >= 4 is 11.8 Å². The van der Waals surface area contributed by atoms with E-state index in [1.807, 2.05) is 42.7 Å². The lowest BCUT2D eigenvalue weighted by atomic mass is 10.1. The zero-order valence-corrected chi connectivity index (χ0v) is 12.3. The van der Waals surface area contributed by atoms with Crippen molar-refractivity contribution < 1.29 is 4.74 Å². The SMILES string of the molecule is CSc1cccc(OCCCc2ccccc2)c1C#N. The van der Waals surface area contributed by atoms with E-state index < -0.39 is 0 Å². The molecular weight excluding hydrogens is 266 g/mol. The topological polar surface area (TPSA) is 33.0 Å². The molecule has 0 aliphatic rings. The van der Waals surface area contributed by atoms with Crippen LogP contribution in [0.5, 0.6) is 5.75 Å². The minimum Gasteiger partial charge on any atom is -0.492 e. The molecule has 2 aromatic rings. The van der Waals surface area contributed by atoms with Crippen LogP contribution in [-0.2, 0) is 6.42 Å². The summed E-state index contributed by atoms with van der Waals surface area (Å²) in [6, 6.07) is 18.3. The van der Waals surface area contributed by atoms with Gasteiger partial charge in [-0.25, -0.2) is 0 Å². The van der Waals surface area contributed by atoms with E-state index in [4.69, 9.17) is 4.74 Å². The van der Waals surface area contributed by atoms with Crippen LogP contribution in [0.1, 0.15) is 17.5 Å². The van der Waals surface area contributed by atoms with Crippen LogP contribution in [-0.4, -0.2) is 12.9 Å². The van der Waals surface area contributed by atoms with Crippen molar-refractivity contribution in [2.45, 2.75) is 17.7 Å². The third kappa shape index (κ3) is 3.79. The molecule has 2 aromatic carbocycles. The summed E-state index contributed by atoms with van der Waals surface area (Å²) in [6.07, 6.45) is 3.90. The number of hydrogen-bond acceptors (Lipinski definition) is 3. The molecule has 2 nitrogen and oxygen atoms in total. The molecule has 0 aromatic heterocycles. The predicted molar refractivity (Wildman–Crippen MR) is 83.2 cm³/mol. The Balaban J connectivity index is 1.90. The molecule has 102 valence electrons. The number of nitrogens with zero attached hydrogens (tertiary/aromatic N) is 1. The van der Waals surface area contributed by atoms with Gasteiger partial charge in [0.25, 0.3) is 0 Å². The van der Waals surface area contributed by atoms with Gasteiger partial charge in [0.05, 0.1) is 6.61 Å². The molecule has 20 heavy (non-hydrogen) atoms. The van der Waals surface area contributed by atoms with Crippen molar-refractivity contribution in [3.05, 3.63) is 59.7 Å². The summed E-state index contributed by atoms with van der Waals surface area (Å²) in [5, 5.41) is 9.22. The molecule has 0 bridgehead atoms. The normalized spacial score (nSPS) is 10.0.